The molecule has 0 spiro atoms. The van der Waals surface area contributed by atoms with Crippen LogP contribution < -0.4 is 0 Å². The second-order valence-electron chi connectivity index (χ2n) is 4.43. The lowest BCUT2D eigenvalue weighted by Crippen LogP contribution is -2.27. The summed E-state index contributed by atoms with van der Waals surface area (Å²) in [6.45, 7) is 0.376. The molecule has 2 aliphatic rings. The highest BCUT2D eigenvalue weighted by molar-refractivity contribution is 5.75. The normalized spacial score (nSPS) is 27.2. The summed E-state index contributed by atoms with van der Waals surface area (Å²) in [4.78, 5) is 11.4. The molecule has 2 atom stereocenters. The van der Waals surface area contributed by atoms with Gasteiger partial charge in [-0.3, -0.25) is 4.79 Å². The molecule has 1 aromatic rings. The van der Waals surface area contributed by atoms with Crippen molar-refractivity contribution in [3.8, 4) is 0 Å². The van der Waals surface area contributed by atoms with Crippen LogP contribution in [-0.4, -0.2) is 12.6 Å². The number of carbonyl (C=O) groups is 1. The van der Waals surface area contributed by atoms with E-state index in [0.29, 0.717) is 30.6 Å². The van der Waals surface area contributed by atoms with E-state index in [-0.39, 0.29) is 17.8 Å². The van der Waals surface area contributed by atoms with E-state index in [1.807, 2.05) is 0 Å². The van der Waals surface area contributed by atoms with Gasteiger partial charge in [-0.25, -0.2) is 8.78 Å². The maximum absolute atomic E-state index is 13.5. The van der Waals surface area contributed by atoms with Gasteiger partial charge in [0.25, 0.3) is 0 Å². The summed E-state index contributed by atoms with van der Waals surface area (Å²) in [6.07, 6.45) is 0.866. The maximum Gasteiger partial charge on any atom is 0.309 e. The number of esters is 1. The Balaban J connectivity index is 2.05. The molecule has 0 N–H and O–H groups in total. The standard InChI is InChI=1S/C12H10F2O2/c13-8-2-6-1-7-5-16-12(15)10(7)4-9(6)11(14)3-8/h2-3,7,10H,1,4-5H2/t7?,10-/m0/s1. The van der Waals surface area contributed by atoms with Gasteiger partial charge in [-0.05, 0) is 30.0 Å². The van der Waals surface area contributed by atoms with Crippen LogP contribution in [0.3, 0.4) is 0 Å². The molecule has 1 aliphatic carbocycles. The van der Waals surface area contributed by atoms with E-state index in [0.717, 1.165) is 6.07 Å². The molecule has 16 heavy (non-hydrogen) atoms. The molecular weight excluding hydrogens is 214 g/mol. The van der Waals surface area contributed by atoms with Crippen LogP contribution in [0.15, 0.2) is 12.1 Å². The second kappa shape index (κ2) is 3.27. The third-order valence-corrected chi connectivity index (χ3v) is 3.47. The molecule has 0 bridgehead atoms. The van der Waals surface area contributed by atoms with E-state index in [4.69, 9.17) is 4.74 Å². The number of ether oxygens (including phenoxy) is 1. The number of hydrogen-bond acceptors (Lipinski definition) is 2. The molecule has 0 saturated carbocycles. The summed E-state index contributed by atoms with van der Waals surface area (Å²) < 4.78 is 31.5. The van der Waals surface area contributed by atoms with Crippen molar-refractivity contribution >= 4 is 5.97 Å². The number of carbonyl (C=O) groups excluding carboxylic acids is 1. The van der Waals surface area contributed by atoms with Gasteiger partial charge in [0, 0.05) is 12.0 Å². The SMILES string of the molecule is O=C1OCC2Cc3cc(F)cc(F)c3C[C@H]12. The lowest BCUT2D eigenvalue weighted by Gasteiger charge is -2.24. The van der Waals surface area contributed by atoms with E-state index in [1.165, 1.54) is 6.07 Å². The molecule has 4 heteroatoms. The zero-order valence-electron chi connectivity index (χ0n) is 8.50. The molecule has 1 unspecified atom stereocenters. The number of hydrogen-bond donors (Lipinski definition) is 0. The molecule has 1 heterocycles. The monoisotopic (exact) mass is 224 g/mol. The Bertz CT molecular complexity index is 470. The first kappa shape index (κ1) is 9.75. The number of cyclic esters (lactones) is 1. The van der Waals surface area contributed by atoms with Crippen molar-refractivity contribution in [2.75, 3.05) is 6.61 Å². The first-order chi connectivity index (χ1) is 7.65. The lowest BCUT2D eigenvalue weighted by atomic mass is 9.77. The molecule has 2 nitrogen and oxygen atoms in total. The minimum atomic E-state index is -0.556. The predicted molar refractivity (Wildman–Crippen MR) is 51.7 cm³/mol. The fraction of sp³-hybridized carbons (Fsp3) is 0.417. The van der Waals surface area contributed by atoms with Crippen molar-refractivity contribution in [1.82, 2.24) is 0 Å². The second-order valence-corrected chi connectivity index (χ2v) is 4.43. The predicted octanol–water partition coefficient (Wildman–Crippen LogP) is 1.85. The number of benzene rings is 1. The Kier molecular flexibility index (Phi) is 1.99. The fourth-order valence-electron chi connectivity index (χ4n) is 2.63. The summed E-state index contributed by atoms with van der Waals surface area (Å²) in [5.74, 6) is -1.51. The first-order valence-corrected chi connectivity index (χ1v) is 5.28. The van der Waals surface area contributed by atoms with Crippen molar-refractivity contribution in [3.63, 3.8) is 0 Å². The van der Waals surface area contributed by atoms with Crippen molar-refractivity contribution in [3.05, 3.63) is 34.9 Å². The van der Waals surface area contributed by atoms with Crippen molar-refractivity contribution in [2.45, 2.75) is 12.8 Å². The van der Waals surface area contributed by atoms with Gasteiger partial charge in [-0.2, -0.15) is 0 Å². The van der Waals surface area contributed by atoms with E-state index in [1.54, 1.807) is 0 Å². The molecule has 0 amide bonds. The third-order valence-electron chi connectivity index (χ3n) is 3.47. The van der Waals surface area contributed by atoms with Gasteiger partial charge < -0.3 is 4.74 Å². The van der Waals surface area contributed by atoms with Crippen molar-refractivity contribution in [2.24, 2.45) is 11.8 Å². The molecule has 3 rings (SSSR count). The number of halogens is 2. The van der Waals surface area contributed by atoms with Gasteiger partial charge in [-0.15, -0.1) is 0 Å². The summed E-state index contributed by atoms with van der Waals surface area (Å²) in [5, 5.41) is 0. The zero-order chi connectivity index (χ0) is 11.3. The van der Waals surface area contributed by atoms with Crippen LogP contribution in [-0.2, 0) is 22.4 Å². The average Bonchev–Trinajstić information content (AvgIpc) is 2.57. The highest BCUT2D eigenvalue weighted by Crippen LogP contribution is 2.36. The van der Waals surface area contributed by atoms with Gasteiger partial charge >= 0.3 is 5.97 Å². The van der Waals surface area contributed by atoms with Gasteiger partial charge in [0.05, 0.1) is 12.5 Å². The molecule has 0 radical (unpaired) electrons. The van der Waals surface area contributed by atoms with E-state index < -0.39 is 11.6 Å². The highest BCUT2D eigenvalue weighted by atomic mass is 19.1. The highest BCUT2D eigenvalue weighted by Gasteiger charge is 2.41. The minimum Gasteiger partial charge on any atom is -0.465 e. The van der Waals surface area contributed by atoms with Crippen LogP contribution in [0.5, 0.6) is 0 Å². The van der Waals surface area contributed by atoms with Gasteiger partial charge in [0.15, 0.2) is 0 Å². The summed E-state index contributed by atoms with van der Waals surface area (Å²) in [5.41, 5.74) is 1.15. The Morgan fingerprint density at radius 3 is 2.88 bits per heavy atom. The van der Waals surface area contributed by atoms with Crippen LogP contribution in [0.4, 0.5) is 8.78 Å². The molecule has 1 saturated heterocycles. The summed E-state index contributed by atoms with van der Waals surface area (Å²) >= 11 is 0. The van der Waals surface area contributed by atoms with Gasteiger partial charge in [0.2, 0.25) is 0 Å². The minimum absolute atomic E-state index is 0.0844. The van der Waals surface area contributed by atoms with Crippen LogP contribution >= 0.6 is 0 Å². The number of rotatable bonds is 0. The largest absolute Gasteiger partial charge is 0.465 e. The van der Waals surface area contributed by atoms with Gasteiger partial charge in [-0.1, -0.05) is 0 Å². The van der Waals surface area contributed by atoms with E-state index in [9.17, 15) is 13.6 Å². The Morgan fingerprint density at radius 1 is 1.25 bits per heavy atom. The van der Waals surface area contributed by atoms with Crippen LogP contribution in [0.1, 0.15) is 11.1 Å². The molecular formula is C12H10F2O2. The lowest BCUT2D eigenvalue weighted by molar-refractivity contribution is -0.141. The zero-order valence-corrected chi connectivity index (χ0v) is 8.50. The topological polar surface area (TPSA) is 26.3 Å². The number of fused-ring (bicyclic) bond motifs is 2. The van der Waals surface area contributed by atoms with Crippen LogP contribution in [0.25, 0.3) is 0 Å². The maximum atomic E-state index is 13.5. The molecule has 1 fully saturated rings. The van der Waals surface area contributed by atoms with E-state index in [2.05, 4.69) is 0 Å². The van der Waals surface area contributed by atoms with Crippen LogP contribution in [0, 0.1) is 23.5 Å². The third kappa shape index (κ3) is 1.32. The molecule has 84 valence electrons. The quantitative estimate of drug-likeness (QED) is 0.629. The van der Waals surface area contributed by atoms with E-state index >= 15 is 0 Å². The Hall–Kier alpha value is -1.45. The van der Waals surface area contributed by atoms with Crippen molar-refractivity contribution in [1.29, 1.82) is 0 Å². The first-order valence-electron chi connectivity index (χ1n) is 5.28. The van der Waals surface area contributed by atoms with Crippen LogP contribution in [0.2, 0.25) is 0 Å². The molecule has 1 aromatic carbocycles. The molecule has 0 aromatic heterocycles. The summed E-state index contributed by atoms with van der Waals surface area (Å²) in [7, 11) is 0. The average molecular weight is 224 g/mol. The van der Waals surface area contributed by atoms with Gasteiger partial charge in [0.1, 0.15) is 11.6 Å². The Morgan fingerprint density at radius 2 is 2.06 bits per heavy atom. The molecule has 1 aliphatic heterocycles. The Labute approximate surface area is 91.2 Å². The smallest absolute Gasteiger partial charge is 0.309 e. The van der Waals surface area contributed by atoms with Crippen molar-refractivity contribution < 1.29 is 18.3 Å². The fourth-order valence-corrected chi connectivity index (χ4v) is 2.63. The summed E-state index contributed by atoms with van der Waals surface area (Å²) in [6, 6.07) is 2.23.